The number of carbonyl (C=O) groups is 1. The summed E-state index contributed by atoms with van der Waals surface area (Å²) in [6, 6.07) is 6.08. The van der Waals surface area contributed by atoms with Crippen molar-refractivity contribution in [1.82, 2.24) is 0 Å². The molecule has 0 spiro atoms. The van der Waals surface area contributed by atoms with Gasteiger partial charge in [0.25, 0.3) is 0 Å². The SMILES string of the molecule is CC(C)(C)CCC(=O)Nc1ccc2c(c1)CCN2.Cl. The van der Waals surface area contributed by atoms with Gasteiger partial charge in [0.05, 0.1) is 0 Å². The standard InChI is InChI=1S/C15H22N2O.ClH/c1-15(2,3)8-6-14(18)17-12-4-5-13-11(10-12)7-9-16-13;/h4-5,10,16H,6-9H2,1-3H3,(H,17,18);1H. The molecule has 0 saturated carbocycles. The van der Waals surface area contributed by atoms with Gasteiger partial charge in [-0.1, -0.05) is 20.8 Å². The van der Waals surface area contributed by atoms with Gasteiger partial charge in [-0.05, 0) is 42.0 Å². The zero-order chi connectivity index (χ0) is 13.2. The van der Waals surface area contributed by atoms with Crippen molar-refractivity contribution in [2.45, 2.75) is 40.0 Å². The Morgan fingerprint density at radius 1 is 1.37 bits per heavy atom. The van der Waals surface area contributed by atoms with E-state index in [1.165, 1.54) is 11.3 Å². The fourth-order valence-electron chi connectivity index (χ4n) is 2.09. The molecule has 19 heavy (non-hydrogen) atoms. The summed E-state index contributed by atoms with van der Waals surface area (Å²) in [5, 5.41) is 6.29. The summed E-state index contributed by atoms with van der Waals surface area (Å²) < 4.78 is 0. The van der Waals surface area contributed by atoms with E-state index in [1.807, 2.05) is 12.1 Å². The maximum absolute atomic E-state index is 11.8. The van der Waals surface area contributed by atoms with Crippen molar-refractivity contribution in [2.24, 2.45) is 5.41 Å². The van der Waals surface area contributed by atoms with Crippen molar-refractivity contribution >= 4 is 29.7 Å². The van der Waals surface area contributed by atoms with Gasteiger partial charge in [-0.3, -0.25) is 4.79 Å². The Morgan fingerprint density at radius 3 is 2.79 bits per heavy atom. The second-order valence-corrected chi connectivity index (χ2v) is 6.16. The van der Waals surface area contributed by atoms with E-state index in [0.717, 1.165) is 25.1 Å². The largest absolute Gasteiger partial charge is 0.384 e. The Hall–Kier alpha value is -1.22. The number of amides is 1. The average molecular weight is 283 g/mol. The van der Waals surface area contributed by atoms with Crippen LogP contribution in [0.3, 0.4) is 0 Å². The molecule has 0 aromatic heterocycles. The van der Waals surface area contributed by atoms with Gasteiger partial charge in [0, 0.05) is 24.3 Å². The highest BCUT2D eigenvalue weighted by molar-refractivity contribution is 5.91. The molecule has 0 atom stereocenters. The van der Waals surface area contributed by atoms with Crippen LogP contribution in [0.2, 0.25) is 0 Å². The maximum Gasteiger partial charge on any atom is 0.224 e. The van der Waals surface area contributed by atoms with Crippen LogP contribution in [0.4, 0.5) is 11.4 Å². The molecule has 2 rings (SSSR count). The van der Waals surface area contributed by atoms with Crippen LogP contribution in [0, 0.1) is 5.41 Å². The minimum Gasteiger partial charge on any atom is -0.384 e. The number of fused-ring (bicyclic) bond motifs is 1. The van der Waals surface area contributed by atoms with Gasteiger partial charge in [0.1, 0.15) is 0 Å². The molecule has 0 unspecified atom stereocenters. The first-order valence-corrected chi connectivity index (χ1v) is 6.61. The number of hydrogen-bond acceptors (Lipinski definition) is 2. The van der Waals surface area contributed by atoms with Crippen molar-refractivity contribution in [3.63, 3.8) is 0 Å². The molecule has 2 N–H and O–H groups in total. The minimum atomic E-state index is 0. The first-order chi connectivity index (χ1) is 8.44. The Balaban J connectivity index is 0.00000180. The van der Waals surface area contributed by atoms with Crippen LogP contribution in [0.15, 0.2) is 18.2 Å². The number of benzene rings is 1. The topological polar surface area (TPSA) is 41.1 Å². The lowest BCUT2D eigenvalue weighted by molar-refractivity contribution is -0.116. The van der Waals surface area contributed by atoms with Gasteiger partial charge in [-0.25, -0.2) is 0 Å². The highest BCUT2D eigenvalue weighted by Crippen LogP contribution is 2.26. The Labute approximate surface area is 121 Å². The van der Waals surface area contributed by atoms with E-state index in [2.05, 4.69) is 37.5 Å². The molecule has 0 saturated heterocycles. The summed E-state index contributed by atoms with van der Waals surface area (Å²) in [6.45, 7) is 7.46. The third-order valence-corrected chi connectivity index (χ3v) is 3.20. The molecular weight excluding hydrogens is 260 g/mol. The van der Waals surface area contributed by atoms with Crippen LogP contribution in [0.5, 0.6) is 0 Å². The average Bonchev–Trinajstić information content (AvgIpc) is 2.72. The number of nitrogens with one attached hydrogen (secondary N) is 2. The molecule has 0 aliphatic carbocycles. The maximum atomic E-state index is 11.8. The van der Waals surface area contributed by atoms with Crippen LogP contribution in [0.25, 0.3) is 0 Å². The van der Waals surface area contributed by atoms with Gasteiger partial charge < -0.3 is 10.6 Å². The fraction of sp³-hybridized carbons (Fsp3) is 0.533. The van der Waals surface area contributed by atoms with E-state index in [4.69, 9.17) is 0 Å². The molecule has 106 valence electrons. The van der Waals surface area contributed by atoms with Gasteiger partial charge in [0.2, 0.25) is 5.91 Å². The molecule has 1 aromatic carbocycles. The van der Waals surface area contributed by atoms with Crippen molar-refractivity contribution in [1.29, 1.82) is 0 Å². The van der Waals surface area contributed by atoms with E-state index in [-0.39, 0.29) is 23.7 Å². The van der Waals surface area contributed by atoms with Crippen molar-refractivity contribution in [3.05, 3.63) is 23.8 Å². The predicted molar refractivity (Wildman–Crippen MR) is 83.2 cm³/mol. The molecule has 1 aliphatic rings. The molecule has 0 fully saturated rings. The van der Waals surface area contributed by atoms with Crippen LogP contribution in [-0.4, -0.2) is 12.5 Å². The molecule has 3 nitrogen and oxygen atoms in total. The Kier molecular flexibility index (Phi) is 5.24. The van der Waals surface area contributed by atoms with Crippen LogP contribution in [0.1, 0.15) is 39.2 Å². The highest BCUT2D eigenvalue weighted by atomic mass is 35.5. The minimum absolute atomic E-state index is 0. The van der Waals surface area contributed by atoms with E-state index < -0.39 is 0 Å². The van der Waals surface area contributed by atoms with Gasteiger partial charge in [-0.15, -0.1) is 12.4 Å². The lowest BCUT2D eigenvalue weighted by Gasteiger charge is -2.17. The summed E-state index contributed by atoms with van der Waals surface area (Å²) in [4.78, 5) is 11.8. The van der Waals surface area contributed by atoms with E-state index in [0.29, 0.717) is 6.42 Å². The summed E-state index contributed by atoms with van der Waals surface area (Å²) in [5.41, 5.74) is 3.61. The fourth-order valence-corrected chi connectivity index (χ4v) is 2.09. The lowest BCUT2D eigenvalue weighted by Crippen LogP contribution is -2.15. The highest BCUT2D eigenvalue weighted by Gasteiger charge is 2.14. The summed E-state index contributed by atoms with van der Waals surface area (Å²) in [6.07, 6.45) is 2.53. The van der Waals surface area contributed by atoms with Gasteiger partial charge in [-0.2, -0.15) is 0 Å². The third kappa shape index (κ3) is 4.75. The van der Waals surface area contributed by atoms with Crippen molar-refractivity contribution < 1.29 is 4.79 Å². The van der Waals surface area contributed by atoms with Crippen LogP contribution >= 0.6 is 12.4 Å². The van der Waals surface area contributed by atoms with Gasteiger partial charge in [0.15, 0.2) is 0 Å². The number of rotatable bonds is 3. The van der Waals surface area contributed by atoms with Crippen LogP contribution < -0.4 is 10.6 Å². The molecule has 1 aliphatic heterocycles. The van der Waals surface area contributed by atoms with Crippen LogP contribution in [-0.2, 0) is 11.2 Å². The normalized spacial score (nSPS) is 13.2. The van der Waals surface area contributed by atoms with E-state index in [9.17, 15) is 4.79 Å². The van der Waals surface area contributed by atoms with Gasteiger partial charge >= 0.3 is 0 Å². The lowest BCUT2D eigenvalue weighted by atomic mass is 9.90. The summed E-state index contributed by atoms with van der Waals surface area (Å²) in [7, 11) is 0. The number of anilines is 2. The molecule has 1 amide bonds. The zero-order valence-corrected chi connectivity index (χ0v) is 12.7. The molecule has 0 radical (unpaired) electrons. The smallest absolute Gasteiger partial charge is 0.224 e. The second kappa shape index (κ2) is 6.29. The second-order valence-electron chi connectivity index (χ2n) is 6.16. The molecular formula is C15H23ClN2O. The predicted octanol–water partition coefficient (Wildman–Crippen LogP) is 3.84. The zero-order valence-electron chi connectivity index (χ0n) is 11.9. The first kappa shape index (κ1) is 15.8. The van der Waals surface area contributed by atoms with E-state index in [1.54, 1.807) is 0 Å². The summed E-state index contributed by atoms with van der Waals surface area (Å²) >= 11 is 0. The van der Waals surface area contributed by atoms with Crippen molar-refractivity contribution in [2.75, 3.05) is 17.2 Å². The summed E-state index contributed by atoms with van der Waals surface area (Å²) in [5.74, 6) is 0.107. The number of carbonyl (C=O) groups excluding carboxylic acids is 1. The first-order valence-electron chi connectivity index (χ1n) is 6.61. The number of hydrogen-bond donors (Lipinski definition) is 2. The monoisotopic (exact) mass is 282 g/mol. The van der Waals surface area contributed by atoms with Crippen molar-refractivity contribution in [3.8, 4) is 0 Å². The molecule has 4 heteroatoms. The molecule has 1 aromatic rings. The quantitative estimate of drug-likeness (QED) is 0.884. The molecule has 0 bridgehead atoms. The Bertz CT molecular complexity index is 452. The van der Waals surface area contributed by atoms with E-state index >= 15 is 0 Å². The number of halogens is 1. The Morgan fingerprint density at radius 2 is 2.11 bits per heavy atom. The third-order valence-electron chi connectivity index (χ3n) is 3.20. The molecule has 1 heterocycles.